The molecule has 1 aromatic heterocycles. The van der Waals surface area contributed by atoms with Crippen LogP contribution in [-0.2, 0) is 6.54 Å². The Hall–Kier alpha value is -1.82. The number of hydrogen-bond donors (Lipinski definition) is 1. The molecule has 0 saturated carbocycles. The van der Waals surface area contributed by atoms with Gasteiger partial charge in [0.1, 0.15) is 10.4 Å². The molecule has 2 heterocycles. The van der Waals surface area contributed by atoms with E-state index in [-0.39, 0.29) is 0 Å². The Morgan fingerprint density at radius 3 is 2.90 bits per heavy atom. The van der Waals surface area contributed by atoms with E-state index in [9.17, 15) is 0 Å². The summed E-state index contributed by atoms with van der Waals surface area (Å²) in [4.78, 5) is 11.3. The lowest BCUT2D eigenvalue weighted by Gasteiger charge is -2.23. The van der Waals surface area contributed by atoms with Gasteiger partial charge in [-0.05, 0) is 40.0 Å². The second-order valence-corrected chi connectivity index (χ2v) is 5.73. The number of halogens is 1. The van der Waals surface area contributed by atoms with Crippen molar-refractivity contribution in [3.63, 3.8) is 0 Å². The molecule has 1 aliphatic heterocycles. The molecular formula is C15H17BrN4O. The van der Waals surface area contributed by atoms with Crippen LogP contribution in [0.5, 0.6) is 5.75 Å². The SMILES string of the molecule is COc1ccc(CN2CCCNc3ncc(Br)nc32)cc1. The molecule has 0 bridgehead atoms. The standard InChI is InChI=1S/C15H17BrN4O/c1-21-12-5-3-11(4-6-12)10-20-8-2-7-17-14-15(20)19-13(16)9-18-14/h3-6,9H,2,7-8,10H2,1H3,(H,17,18). The first kappa shape index (κ1) is 14.1. The summed E-state index contributed by atoms with van der Waals surface area (Å²) in [5.74, 6) is 2.63. The lowest BCUT2D eigenvalue weighted by atomic mass is 10.2. The fourth-order valence-electron chi connectivity index (χ4n) is 2.39. The summed E-state index contributed by atoms with van der Waals surface area (Å²) in [7, 11) is 1.68. The number of rotatable bonds is 3. The first-order valence-electron chi connectivity index (χ1n) is 6.90. The summed E-state index contributed by atoms with van der Waals surface area (Å²) in [6.07, 6.45) is 2.79. The maximum atomic E-state index is 5.20. The number of nitrogens with zero attached hydrogens (tertiary/aromatic N) is 3. The van der Waals surface area contributed by atoms with Gasteiger partial charge in [0, 0.05) is 19.6 Å². The number of benzene rings is 1. The molecule has 1 N–H and O–H groups in total. The number of ether oxygens (including phenoxy) is 1. The zero-order chi connectivity index (χ0) is 14.7. The minimum absolute atomic E-state index is 0.754. The van der Waals surface area contributed by atoms with Gasteiger partial charge in [0.05, 0.1) is 13.3 Å². The number of aromatic nitrogens is 2. The fourth-order valence-corrected chi connectivity index (χ4v) is 2.66. The van der Waals surface area contributed by atoms with Crippen molar-refractivity contribution in [1.29, 1.82) is 0 Å². The van der Waals surface area contributed by atoms with Crippen molar-refractivity contribution in [3.05, 3.63) is 40.6 Å². The minimum atomic E-state index is 0.754. The van der Waals surface area contributed by atoms with E-state index in [4.69, 9.17) is 4.74 Å². The fraction of sp³-hybridized carbons (Fsp3) is 0.333. The molecule has 0 saturated heterocycles. The summed E-state index contributed by atoms with van der Waals surface area (Å²) in [5.41, 5.74) is 1.23. The molecule has 0 atom stereocenters. The summed E-state index contributed by atoms with van der Waals surface area (Å²) in [6, 6.07) is 8.14. The molecule has 6 heteroatoms. The van der Waals surface area contributed by atoms with E-state index in [2.05, 4.69) is 48.2 Å². The van der Waals surface area contributed by atoms with E-state index in [0.717, 1.165) is 48.0 Å². The average Bonchev–Trinajstić information content (AvgIpc) is 2.70. The highest BCUT2D eigenvalue weighted by molar-refractivity contribution is 9.10. The first-order valence-corrected chi connectivity index (χ1v) is 7.70. The molecule has 110 valence electrons. The summed E-state index contributed by atoms with van der Waals surface area (Å²) >= 11 is 3.40. The predicted octanol–water partition coefficient (Wildman–Crippen LogP) is 3.07. The third kappa shape index (κ3) is 3.26. The molecule has 0 radical (unpaired) electrons. The van der Waals surface area contributed by atoms with Gasteiger partial charge in [0.2, 0.25) is 0 Å². The van der Waals surface area contributed by atoms with Gasteiger partial charge in [-0.3, -0.25) is 0 Å². The van der Waals surface area contributed by atoms with Crippen LogP contribution in [0, 0.1) is 0 Å². The number of anilines is 2. The zero-order valence-corrected chi connectivity index (χ0v) is 13.4. The molecular weight excluding hydrogens is 332 g/mol. The third-order valence-electron chi connectivity index (χ3n) is 3.45. The molecule has 1 aliphatic rings. The molecule has 1 aromatic carbocycles. The predicted molar refractivity (Wildman–Crippen MR) is 86.9 cm³/mol. The van der Waals surface area contributed by atoms with Crippen molar-refractivity contribution < 1.29 is 4.74 Å². The van der Waals surface area contributed by atoms with Gasteiger partial charge in [-0.2, -0.15) is 0 Å². The van der Waals surface area contributed by atoms with Gasteiger partial charge in [0.15, 0.2) is 11.6 Å². The van der Waals surface area contributed by atoms with Crippen LogP contribution in [0.15, 0.2) is 35.1 Å². The quantitative estimate of drug-likeness (QED) is 0.923. The van der Waals surface area contributed by atoms with Gasteiger partial charge in [-0.15, -0.1) is 0 Å². The van der Waals surface area contributed by atoms with Gasteiger partial charge < -0.3 is 15.0 Å². The molecule has 0 unspecified atom stereocenters. The molecule has 2 aromatic rings. The smallest absolute Gasteiger partial charge is 0.173 e. The molecule has 5 nitrogen and oxygen atoms in total. The van der Waals surface area contributed by atoms with Crippen molar-refractivity contribution in [2.75, 3.05) is 30.4 Å². The zero-order valence-electron chi connectivity index (χ0n) is 11.8. The highest BCUT2D eigenvalue weighted by atomic mass is 79.9. The minimum Gasteiger partial charge on any atom is -0.497 e. The summed E-state index contributed by atoms with van der Waals surface area (Å²) in [6.45, 7) is 2.68. The Morgan fingerprint density at radius 2 is 2.14 bits per heavy atom. The van der Waals surface area contributed by atoms with E-state index < -0.39 is 0 Å². The molecule has 21 heavy (non-hydrogen) atoms. The van der Waals surface area contributed by atoms with Crippen LogP contribution in [0.4, 0.5) is 11.6 Å². The topological polar surface area (TPSA) is 50.3 Å². The molecule has 0 amide bonds. The highest BCUT2D eigenvalue weighted by Gasteiger charge is 2.18. The second-order valence-electron chi connectivity index (χ2n) is 4.91. The van der Waals surface area contributed by atoms with E-state index in [1.807, 2.05) is 12.1 Å². The van der Waals surface area contributed by atoms with E-state index in [1.165, 1.54) is 5.56 Å². The third-order valence-corrected chi connectivity index (χ3v) is 3.84. The van der Waals surface area contributed by atoms with Gasteiger partial charge in [-0.25, -0.2) is 9.97 Å². The molecule has 0 fully saturated rings. The monoisotopic (exact) mass is 348 g/mol. The highest BCUT2D eigenvalue weighted by Crippen LogP contribution is 2.27. The second kappa shape index (κ2) is 6.30. The van der Waals surface area contributed by atoms with Crippen molar-refractivity contribution in [1.82, 2.24) is 9.97 Å². The average molecular weight is 349 g/mol. The molecule has 0 spiro atoms. The van der Waals surface area contributed by atoms with Gasteiger partial charge in [0.25, 0.3) is 0 Å². The Bertz CT molecular complexity index is 618. The van der Waals surface area contributed by atoms with Crippen LogP contribution in [0.2, 0.25) is 0 Å². The van der Waals surface area contributed by atoms with Crippen molar-refractivity contribution >= 4 is 27.6 Å². The largest absolute Gasteiger partial charge is 0.497 e. The molecule has 0 aliphatic carbocycles. The maximum absolute atomic E-state index is 5.20. The van der Waals surface area contributed by atoms with E-state index in [0.29, 0.717) is 0 Å². The number of fused-ring (bicyclic) bond motifs is 1. The summed E-state index contributed by atoms with van der Waals surface area (Å²) in [5, 5.41) is 3.33. The van der Waals surface area contributed by atoms with Crippen LogP contribution >= 0.6 is 15.9 Å². The Balaban J connectivity index is 1.85. The van der Waals surface area contributed by atoms with Crippen molar-refractivity contribution in [3.8, 4) is 5.75 Å². The van der Waals surface area contributed by atoms with Crippen molar-refractivity contribution in [2.24, 2.45) is 0 Å². The van der Waals surface area contributed by atoms with Gasteiger partial charge in [-0.1, -0.05) is 12.1 Å². The Kier molecular flexibility index (Phi) is 4.24. The lowest BCUT2D eigenvalue weighted by molar-refractivity contribution is 0.414. The van der Waals surface area contributed by atoms with Gasteiger partial charge >= 0.3 is 0 Å². The number of hydrogen-bond acceptors (Lipinski definition) is 5. The van der Waals surface area contributed by atoms with Crippen LogP contribution in [-0.4, -0.2) is 30.2 Å². The van der Waals surface area contributed by atoms with Crippen molar-refractivity contribution in [2.45, 2.75) is 13.0 Å². The number of nitrogens with one attached hydrogen (secondary N) is 1. The van der Waals surface area contributed by atoms with Crippen LogP contribution in [0.1, 0.15) is 12.0 Å². The van der Waals surface area contributed by atoms with E-state index in [1.54, 1.807) is 13.3 Å². The van der Waals surface area contributed by atoms with Crippen LogP contribution < -0.4 is 15.0 Å². The number of methoxy groups -OCH3 is 1. The normalized spacial score (nSPS) is 14.1. The Labute approximate surface area is 132 Å². The van der Waals surface area contributed by atoms with Crippen LogP contribution in [0.25, 0.3) is 0 Å². The van der Waals surface area contributed by atoms with E-state index >= 15 is 0 Å². The maximum Gasteiger partial charge on any atom is 0.173 e. The van der Waals surface area contributed by atoms with Crippen LogP contribution in [0.3, 0.4) is 0 Å². The molecule has 3 rings (SSSR count). The first-order chi connectivity index (χ1) is 10.3. The Morgan fingerprint density at radius 1 is 1.33 bits per heavy atom. The summed E-state index contributed by atoms with van der Waals surface area (Å²) < 4.78 is 5.95. The lowest BCUT2D eigenvalue weighted by Crippen LogP contribution is -2.24.